The SMILES string of the molecule is Cc1[nH]c(/C=C2\C(=O)Nc3ccc(F)cc32)c(C)c1C(C)C. The van der Waals surface area contributed by atoms with Gasteiger partial charge in [0.1, 0.15) is 5.82 Å². The lowest BCUT2D eigenvalue weighted by molar-refractivity contribution is -0.110. The number of halogens is 1. The molecule has 0 fully saturated rings. The van der Waals surface area contributed by atoms with E-state index in [-0.39, 0.29) is 11.7 Å². The van der Waals surface area contributed by atoms with Crippen LogP contribution in [0.2, 0.25) is 0 Å². The molecule has 1 aromatic carbocycles. The number of hydrogen-bond acceptors (Lipinski definition) is 1. The Morgan fingerprint density at radius 1 is 1.23 bits per heavy atom. The topological polar surface area (TPSA) is 44.9 Å². The molecular formula is C18H19FN2O. The van der Waals surface area contributed by atoms with Crippen LogP contribution in [-0.4, -0.2) is 10.9 Å². The van der Waals surface area contributed by atoms with E-state index in [4.69, 9.17) is 0 Å². The molecular weight excluding hydrogens is 279 g/mol. The summed E-state index contributed by atoms with van der Waals surface area (Å²) >= 11 is 0. The number of benzene rings is 1. The van der Waals surface area contributed by atoms with Crippen molar-refractivity contribution in [1.82, 2.24) is 4.98 Å². The standard InChI is InChI=1S/C18H19FN2O/c1-9(2)17-10(3)16(20-11(17)4)8-14-13-7-12(19)5-6-15(13)21-18(14)22/h5-9,20H,1-4H3,(H,21,22)/b14-8-. The summed E-state index contributed by atoms with van der Waals surface area (Å²) in [5, 5.41) is 2.77. The predicted molar refractivity (Wildman–Crippen MR) is 87.3 cm³/mol. The Labute approximate surface area is 129 Å². The number of carbonyl (C=O) groups excluding carboxylic acids is 1. The monoisotopic (exact) mass is 298 g/mol. The molecule has 0 bridgehead atoms. The van der Waals surface area contributed by atoms with Crippen molar-refractivity contribution in [3.8, 4) is 0 Å². The molecule has 114 valence electrons. The molecule has 0 saturated heterocycles. The number of H-pyrrole nitrogens is 1. The number of aryl methyl sites for hydroxylation is 1. The Kier molecular flexibility index (Phi) is 3.39. The van der Waals surface area contributed by atoms with Gasteiger partial charge in [-0.2, -0.15) is 0 Å². The fourth-order valence-corrected chi connectivity index (χ4v) is 3.25. The Hall–Kier alpha value is -2.36. The first kappa shape index (κ1) is 14.6. The summed E-state index contributed by atoms with van der Waals surface area (Å²) in [6, 6.07) is 4.34. The second kappa shape index (κ2) is 5.13. The van der Waals surface area contributed by atoms with Gasteiger partial charge in [-0.15, -0.1) is 0 Å². The van der Waals surface area contributed by atoms with E-state index in [1.165, 1.54) is 17.7 Å². The zero-order valence-corrected chi connectivity index (χ0v) is 13.2. The van der Waals surface area contributed by atoms with Crippen LogP contribution in [-0.2, 0) is 4.79 Å². The molecule has 2 heterocycles. The van der Waals surface area contributed by atoms with Gasteiger partial charge in [0, 0.05) is 22.6 Å². The first-order valence-corrected chi connectivity index (χ1v) is 7.40. The van der Waals surface area contributed by atoms with Crippen LogP contribution < -0.4 is 5.32 Å². The van der Waals surface area contributed by atoms with Crippen LogP contribution in [0.4, 0.5) is 10.1 Å². The molecule has 0 spiro atoms. The van der Waals surface area contributed by atoms with Crippen molar-refractivity contribution in [3.05, 3.63) is 52.1 Å². The lowest BCUT2D eigenvalue weighted by Crippen LogP contribution is -2.03. The molecule has 1 aliphatic heterocycles. The lowest BCUT2D eigenvalue weighted by atomic mass is 9.98. The third-order valence-electron chi connectivity index (χ3n) is 4.16. The normalized spacial score (nSPS) is 15.5. The van der Waals surface area contributed by atoms with Crippen molar-refractivity contribution in [2.24, 2.45) is 0 Å². The van der Waals surface area contributed by atoms with Gasteiger partial charge in [-0.25, -0.2) is 4.39 Å². The average Bonchev–Trinajstić information content (AvgIpc) is 2.88. The van der Waals surface area contributed by atoms with E-state index in [9.17, 15) is 9.18 Å². The van der Waals surface area contributed by atoms with Crippen molar-refractivity contribution in [1.29, 1.82) is 0 Å². The number of amides is 1. The Bertz CT molecular complexity index is 800. The van der Waals surface area contributed by atoms with Crippen molar-refractivity contribution in [2.75, 3.05) is 5.32 Å². The van der Waals surface area contributed by atoms with E-state index >= 15 is 0 Å². The third-order valence-corrected chi connectivity index (χ3v) is 4.16. The number of nitrogens with one attached hydrogen (secondary N) is 2. The van der Waals surface area contributed by atoms with Crippen molar-refractivity contribution in [3.63, 3.8) is 0 Å². The number of anilines is 1. The number of hydrogen-bond donors (Lipinski definition) is 2. The highest BCUT2D eigenvalue weighted by molar-refractivity contribution is 6.34. The zero-order chi connectivity index (χ0) is 16.0. The molecule has 2 N–H and O–H groups in total. The summed E-state index contributed by atoms with van der Waals surface area (Å²) in [4.78, 5) is 15.5. The van der Waals surface area contributed by atoms with Crippen molar-refractivity contribution < 1.29 is 9.18 Å². The molecule has 1 amide bonds. The van der Waals surface area contributed by atoms with Crippen LogP contribution in [0.25, 0.3) is 11.6 Å². The molecule has 0 aliphatic carbocycles. The zero-order valence-electron chi connectivity index (χ0n) is 13.2. The van der Waals surface area contributed by atoms with Gasteiger partial charge in [-0.1, -0.05) is 13.8 Å². The van der Waals surface area contributed by atoms with Crippen LogP contribution in [0.3, 0.4) is 0 Å². The molecule has 22 heavy (non-hydrogen) atoms. The number of fused-ring (bicyclic) bond motifs is 1. The van der Waals surface area contributed by atoms with E-state index in [0.717, 1.165) is 17.0 Å². The summed E-state index contributed by atoms with van der Waals surface area (Å²) in [6.45, 7) is 8.37. The van der Waals surface area contributed by atoms with Crippen LogP contribution in [0.5, 0.6) is 0 Å². The lowest BCUT2D eigenvalue weighted by Gasteiger charge is -2.05. The summed E-state index contributed by atoms with van der Waals surface area (Å²) in [7, 11) is 0. The summed E-state index contributed by atoms with van der Waals surface area (Å²) in [6.07, 6.45) is 1.81. The van der Waals surface area contributed by atoms with Gasteiger partial charge < -0.3 is 10.3 Å². The van der Waals surface area contributed by atoms with Crippen molar-refractivity contribution >= 4 is 23.2 Å². The molecule has 3 nitrogen and oxygen atoms in total. The Balaban J connectivity index is 2.13. The number of rotatable bonds is 2. The number of aromatic amines is 1. The van der Waals surface area contributed by atoms with Crippen molar-refractivity contribution in [2.45, 2.75) is 33.6 Å². The molecule has 0 atom stereocenters. The van der Waals surface area contributed by atoms with Crippen LogP contribution in [0.15, 0.2) is 18.2 Å². The fraction of sp³-hybridized carbons (Fsp3) is 0.278. The van der Waals surface area contributed by atoms with Crippen LogP contribution in [0, 0.1) is 19.7 Å². The van der Waals surface area contributed by atoms with E-state index < -0.39 is 0 Å². The van der Waals surface area contributed by atoms with E-state index in [1.54, 1.807) is 6.07 Å². The molecule has 1 aliphatic rings. The van der Waals surface area contributed by atoms with E-state index in [2.05, 4.69) is 24.1 Å². The van der Waals surface area contributed by atoms with Gasteiger partial charge in [0.15, 0.2) is 0 Å². The highest BCUT2D eigenvalue weighted by Crippen LogP contribution is 2.35. The molecule has 3 rings (SSSR count). The minimum Gasteiger partial charge on any atom is -0.359 e. The van der Waals surface area contributed by atoms with Gasteiger partial charge in [-0.05, 0) is 55.2 Å². The Morgan fingerprint density at radius 2 is 1.95 bits per heavy atom. The summed E-state index contributed by atoms with van der Waals surface area (Å²) in [5.41, 5.74) is 6.18. The molecule has 0 radical (unpaired) electrons. The highest BCUT2D eigenvalue weighted by Gasteiger charge is 2.25. The Morgan fingerprint density at radius 3 is 2.59 bits per heavy atom. The van der Waals surface area contributed by atoms with Gasteiger partial charge in [-0.3, -0.25) is 4.79 Å². The maximum Gasteiger partial charge on any atom is 0.256 e. The minimum absolute atomic E-state index is 0.196. The van der Waals surface area contributed by atoms with E-state index in [1.807, 2.05) is 19.9 Å². The first-order chi connectivity index (χ1) is 10.4. The quantitative estimate of drug-likeness (QED) is 0.794. The molecule has 2 aromatic rings. The summed E-state index contributed by atoms with van der Waals surface area (Å²) < 4.78 is 13.5. The molecule has 4 heteroatoms. The maximum atomic E-state index is 13.5. The smallest absolute Gasteiger partial charge is 0.256 e. The van der Waals surface area contributed by atoms with Gasteiger partial charge in [0.05, 0.1) is 5.57 Å². The molecule has 0 unspecified atom stereocenters. The maximum absolute atomic E-state index is 13.5. The van der Waals surface area contributed by atoms with Gasteiger partial charge in [0.2, 0.25) is 0 Å². The van der Waals surface area contributed by atoms with Crippen LogP contribution >= 0.6 is 0 Å². The molecule has 0 saturated carbocycles. The fourth-order valence-electron chi connectivity index (χ4n) is 3.25. The largest absolute Gasteiger partial charge is 0.359 e. The third kappa shape index (κ3) is 2.25. The highest BCUT2D eigenvalue weighted by atomic mass is 19.1. The minimum atomic E-state index is -0.344. The number of carbonyl (C=O) groups is 1. The molecule has 1 aromatic heterocycles. The predicted octanol–water partition coefficient (Wildman–Crippen LogP) is 4.39. The van der Waals surface area contributed by atoms with E-state index in [0.29, 0.717) is 22.7 Å². The second-order valence-electron chi connectivity index (χ2n) is 6.06. The number of aromatic nitrogens is 1. The summed E-state index contributed by atoms with van der Waals surface area (Å²) in [5.74, 6) is -0.132. The van der Waals surface area contributed by atoms with Gasteiger partial charge >= 0.3 is 0 Å². The first-order valence-electron chi connectivity index (χ1n) is 7.40. The van der Waals surface area contributed by atoms with Gasteiger partial charge in [0.25, 0.3) is 5.91 Å². The second-order valence-corrected chi connectivity index (χ2v) is 6.06. The van der Waals surface area contributed by atoms with Crippen LogP contribution in [0.1, 0.15) is 47.8 Å². The average molecular weight is 298 g/mol.